The highest BCUT2D eigenvalue weighted by Gasteiger charge is 2.55. The molecular formula is C25H21F3N4O4S. The lowest BCUT2D eigenvalue weighted by atomic mass is 9.65. The molecule has 1 saturated carbocycles. The van der Waals surface area contributed by atoms with Gasteiger partial charge in [0.25, 0.3) is 5.56 Å². The summed E-state index contributed by atoms with van der Waals surface area (Å²) >= 11 is 1.17. The number of thiophene rings is 1. The molecule has 1 aliphatic rings. The van der Waals surface area contributed by atoms with Gasteiger partial charge in [0, 0.05) is 29.5 Å². The molecular weight excluding hydrogens is 509 g/mol. The highest BCUT2D eigenvalue weighted by molar-refractivity contribution is 7.22. The smallest absolute Gasteiger partial charge is 0.406 e. The van der Waals surface area contributed by atoms with Crippen molar-refractivity contribution < 1.29 is 27.8 Å². The molecule has 192 valence electrons. The summed E-state index contributed by atoms with van der Waals surface area (Å²) in [6.45, 7) is 0.181. The Balaban J connectivity index is 1.64. The van der Waals surface area contributed by atoms with Crippen LogP contribution in [0.4, 0.5) is 18.0 Å². The highest BCUT2D eigenvalue weighted by Crippen LogP contribution is 2.51. The van der Waals surface area contributed by atoms with Crippen LogP contribution in [0.5, 0.6) is 0 Å². The number of carbonyl (C=O) groups excluding carboxylic acids is 1. The normalized spacial score (nSPS) is 21.5. The number of fused-ring (bicyclic) bond motifs is 1. The third-order valence-electron chi connectivity index (χ3n) is 6.25. The monoisotopic (exact) mass is 530 g/mol. The zero-order valence-electron chi connectivity index (χ0n) is 19.5. The van der Waals surface area contributed by atoms with Crippen LogP contribution in [0, 0.1) is 0 Å². The third-order valence-corrected chi connectivity index (χ3v) is 7.40. The summed E-state index contributed by atoms with van der Waals surface area (Å²) in [5.41, 5.74) is 4.48. The first kappa shape index (κ1) is 24.9. The number of halogens is 3. The molecule has 5 rings (SSSR count). The number of carbonyl (C=O) groups is 1. The van der Waals surface area contributed by atoms with Gasteiger partial charge in [-0.25, -0.2) is 9.78 Å². The van der Waals surface area contributed by atoms with Crippen molar-refractivity contribution in [3.8, 4) is 21.7 Å². The number of primary amides is 1. The summed E-state index contributed by atoms with van der Waals surface area (Å²) in [7, 11) is 0. The molecule has 1 fully saturated rings. The Morgan fingerprint density at radius 1 is 1.19 bits per heavy atom. The van der Waals surface area contributed by atoms with Gasteiger partial charge in [-0.15, -0.1) is 11.3 Å². The second-order valence-electron chi connectivity index (χ2n) is 9.34. The van der Waals surface area contributed by atoms with Gasteiger partial charge in [0.1, 0.15) is 17.0 Å². The molecule has 1 aromatic carbocycles. The zero-order chi connectivity index (χ0) is 26.6. The lowest BCUT2D eigenvalue weighted by Crippen LogP contribution is -2.55. The number of ether oxygens (including phenoxy) is 1. The highest BCUT2D eigenvalue weighted by atomic mass is 32.1. The minimum Gasteiger partial charge on any atom is -0.438 e. The second-order valence-corrected chi connectivity index (χ2v) is 10.3. The fourth-order valence-corrected chi connectivity index (χ4v) is 6.07. The van der Waals surface area contributed by atoms with Crippen LogP contribution in [0.15, 0.2) is 59.8 Å². The maximum atomic E-state index is 13.2. The molecule has 1 aliphatic carbocycles. The molecule has 12 heteroatoms. The fourth-order valence-electron chi connectivity index (χ4n) is 4.92. The van der Waals surface area contributed by atoms with Crippen molar-refractivity contribution in [2.24, 2.45) is 5.73 Å². The number of alkyl halides is 3. The van der Waals surface area contributed by atoms with Crippen molar-refractivity contribution in [1.82, 2.24) is 14.5 Å². The maximum Gasteiger partial charge on any atom is 0.406 e. The Morgan fingerprint density at radius 2 is 1.89 bits per heavy atom. The van der Waals surface area contributed by atoms with Crippen LogP contribution in [0.2, 0.25) is 0 Å². The van der Waals surface area contributed by atoms with Gasteiger partial charge in [0.2, 0.25) is 0 Å². The molecule has 0 spiro atoms. The van der Waals surface area contributed by atoms with Crippen LogP contribution in [-0.2, 0) is 16.9 Å². The van der Waals surface area contributed by atoms with Gasteiger partial charge in [0.05, 0.1) is 23.0 Å². The SMILES string of the molecule is CC1(O)CC(OC(N)=O)(c2ccc(-c3sc4ncn(CC(F)(F)F)c(=O)c4c3-c3ccccn3)cc2)C1. The van der Waals surface area contributed by atoms with E-state index in [1.54, 1.807) is 49.4 Å². The van der Waals surface area contributed by atoms with Crippen LogP contribution >= 0.6 is 11.3 Å². The van der Waals surface area contributed by atoms with Gasteiger partial charge in [-0.1, -0.05) is 30.3 Å². The average molecular weight is 531 g/mol. The number of nitrogens with zero attached hydrogens (tertiary/aromatic N) is 3. The van der Waals surface area contributed by atoms with E-state index < -0.39 is 35.6 Å². The molecule has 3 heterocycles. The first-order valence-electron chi connectivity index (χ1n) is 11.2. The molecule has 8 nitrogen and oxygen atoms in total. The van der Waals surface area contributed by atoms with Gasteiger partial charge in [-0.2, -0.15) is 13.2 Å². The summed E-state index contributed by atoms with van der Waals surface area (Å²) < 4.78 is 45.1. The van der Waals surface area contributed by atoms with E-state index >= 15 is 0 Å². The van der Waals surface area contributed by atoms with Gasteiger partial charge < -0.3 is 15.6 Å². The Kier molecular flexibility index (Phi) is 5.83. The van der Waals surface area contributed by atoms with Crippen molar-refractivity contribution in [3.05, 3.63) is 70.9 Å². The lowest BCUT2D eigenvalue weighted by Gasteiger charge is -2.50. The third kappa shape index (κ3) is 4.69. The molecule has 0 unspecified atom stereocenters. The predicted molar refractivity (Wildman–Crippen MR) is 131 cm³/mol. The summed E-state index contributed by atoms with van der Waals surface area (Å²) in [4.78, 5) is 34.1. The molecule has 0 bridgehead atoms. The number of pyridine rings is 1. The molecule has 3 aromatic heterocycles. The van der Waals surface area contributed by atoms with Crippen molar-refractivity contribution in [2.75, 3.05) is 0 Å². The second kappa shape index (κ2) is 8.67. The van der Waals surface area contributed by atoms with Crippen molar-refractivity contribution in [1.29, 1.82) is 0 Å². The molecule has 0 saturated heterocycles. The Morgan fingerprint density at radius 3 is 2.46 bits per heavy atom. The minimum atomic E-state index is -4.59. The minimum absolute atomic E-state index is 0.0538. The largest absolute Gasteiger partial charge is 0.438 e. The number of amides is 1. The van der Waals surface area contributed by atoms with E-state index in [2.05, 4.69) is 9.97 Å². The number of aliphatic hydroxyl groups is 1. The molecule has 3 N–H and O–H groups in total. The predicted octanol–water partition coefficient (Wildman–Crippen LogP) is 4.58. The molecule has 4 aromatic rings. The van der Waals surface area contributed by atoms with Crippen LogP contribution in [-0.4, -0.2) is 37.5 Å². The van der Waals surface area contributed by atoms with Gasteiger partial charge >= 0.3 is 12.3 Å². The first-order chi connectivity index (χ1) is 17.4. The van der Waals surface area contributed by atoms with Crippen LogP contribution in [0.1, 0.15) is 25.3 Å². The van der Waals surface area contributed by atoms with Crippen LogP contribution < -0.4 is 11.3 Å². The van der Waals surface area contributed by atoms with E-state index in [1.165, 1.54) is 17.5 Å². The van der Waals surface area contributed by atoms with Crippen LogP contribution in [0.3, 0.4) is 0 Å². The van der Waals surface area contributed by atoms with Crippen molar-refractivity contribution >= 4 is 27.6 Å². The quantitative estimate of drug-likeness (QED) is 0.390. The van der Waals surface area contributed by atoms with Crippen molar-refractivity contribution in [3.63, 3.8) is 0 Å². The maximum absolute atomic E-state index is 13.2. The Labute approximate surface area is 212 Å². The van der Waals surface area contributed by atoms with E-state index in [-0.39, 0.29) is 23.1 Å². The van der Waals surface area contributed by atoms with Crippen molar-refractivity contribution in [2.45, 2.75) is 43.7 Å². The first-order valence-corrected chi connectivity index (χ1v) is 12.0. The molecule has 0 aliphatic heterocycles. The van der Waals surface area contributed by atoms with E-state index in [0.717, 1.165) is 6.33 Å². The average Bonchev–Trinajstić information content (AvgIpc) is 3.19. The number of nitrogens with two attached hydrogens (primary N) is 1. The van der Waals surface area contributed by atoms with E-state index in [4.69, 9.17) is 10.5 Å². The molecule has 0 atom stereocenters. The molecule has 1 amide bonds. The molecule has 0 radical (unpaired) electrons. The van der Waals surface area contributed by atoms with Gasteiger partial charge in [-0.05, 0) is 30.2 Å². The molecule has 37 heavy (non-hydrogen) atoms. The topological polar surface area (TPSA) is 120 Å². The number of benzene rings is 1. The lowest BCUT2D eigenvalue weighted by molar-refractivity contribution is -0.175. The Bertz CT molecular complexity index is 1540. The summed E-state index contributed by atoms with van der Waals surface area (Å²) in [6, 6.07) is 12.0. The Hall–Kier alpha value is -3.77. The zero-order valence-corrected chi connectivity index (χ0v) is 20.3. The standard InChI is InChI=1S/C25H21F3N4O4S/c1-23(35)10-24(11-23,36-22(29)34)15-7-5-14(6-8-15)19-17(16-4-2-3-9-30-16)18-20(37-19)31-13-32(21(18)33)12-25(26,27)28/h2-9,13,35H,10-12H2,1H3,(H2,29,34). The summed E-state index contributed by atoms with van der Waals surface area (Å²) in [6.07, 6.45) is -2.77. The number of rotatable bonds is 5. The summed E-state index contributed by atoms with van der Waals surface area (Å²) in [5, 5.41) is 10.3. The van der Waals surface area contributed by atoms with E-state index in [1.807, 2.05) is 0 Å². The number of aromatic nitrogens is 3. The van der Waals surface area contributed by atoms with E-state index in [0.29, 0.717) is 31.8 Å². The van der Waals surface area contributed by atoms with E-state index in [9.17, 15) is 27.9 Å². The summed E-state index contributed by atoms with van der Waals surface area (Å²) in [5.74, 6) is 0. The van der Waals surface area contributed by atoms with Gasteiger partial charge in [-0.3, -0.25) is 14.3 Å². The number of hydrogen-bond donors (Lipinski definition) is 2. The number of hydrogen-bond acceptors (Lipinski definition) is 7. The van der Waals surface area contributed by atoms with Crippen LogP contribution in [0.25, 0.3) is 31.9 Å². The van der Waals surface area contributed by atoms with Gasteiger partial charge in [0.15, 0.2) is 0 Å². The fraction of sp³-hybridized carbons (Fsp3) is 0.280.